The van der Waals surface area contributed by atoms with Crippen LogP contribution in [0, 0.1) is 0 Å². The number of alkyl halides is 3. The van der Waals surface area contributed by atoms with Gasteiger partial charge in [-0.25, -0.2) is 0 Å². The number of nitrogens with zero attached hydrogens (tertiary/aromatic N) is 1. The minimum absolute atomic E-state index is 0.365. The minimum Gasteiger partial charge on any atom is -0.346 e. The number of carbonyl (C=O) groups excluding carboxylic acids is 1. The van der Waals surface area contributed by atoms with E-state index < -0.39 is 23.7 Å². The van der Waals surface area contributed by atoms with Crippen LogP contribution in [-0.4, -0.2) is 43.2 Å². The molecule has 0 fully saturated rings. The highest BCUT2D eigenvalue weighted by atomic mass is 19.4. The van der Waals surface area contributed by atoms with Crippen LogP contribution in [-0.2, 0) is 4.79 Å². The lowest BCUT2D eigenvalue weighted by Crippen LogP contribution is -2.62. The fourth-order valence-corrected chi connectivity index (χ4v) is 1.72. The van der Waals surface area contributed by atoms with E-state index in [9.17, 15) is 18.0 Å². The molecule has 0 aromatic heterocycles. The van der Waals surface area contributed by atoms with Crippen molar-refractivity contribution in [3.8, 4) is 0 Å². The molecule has 0 aliphatic carbocycles. The van der Waals surface area contributed by atoms with Gasteiger partial charge in [0, 0.05) is 6.54 Å². The second kappa shape index (κ2) is 6.44. The summed E-state index contributed by atoms with van der Waals surface area (Å²) in [6.45, 7) is 1.03. The molecule has 1 rings (SSSR count). The first-order chi connectivity index (χ1) is 9.55. The third kappa shape index (κ3) is 4.44. The molecule has 0 heterocycles. The maximum Gasteiger partial charge on any atom is 0.415 e. The Morgan fingerprint density at radius 3 is 2.24 bits per heavy atom. The highest BCUT2D eigenvalue weighted by Crippen LogP contribution is 2.28. The first kappa shape index (κ1) is 17.5. The monoisotopic (exact) mass is 303 g/mol. The number of hydrogen-bond donors (Lipinski definition) is 2. The lowest BCUT2D eigenvalue weighted by Gasteiger charge is -2.30. The van der Waals surface area contributed by atoms with Crippen molar-refractivity contribution in [3.05, 3.63) is 35.9 Å². The van der Waals surface area contributed by atoms with Crippen LogP contribution in [0.2, 0.25) is 0 Å². The number of amides is 1. The zero-order chi connectivity index (χ0) is 16.3. The van der Waals surface area contributed by atoms with E-state index in [1.165, 1.54) is 0 Å². The van der Waals surface area contributed by atoms with E-state index >= 15 is 0 Å². The van der Waals surface area contributed by atoms with Crippen LogP contribution in [0.1, 0.15) is 18.5 Å². The van der Waals surface area contributed by atoms with Crippen LogP contribution < -0.4 is 11.1 Å². The third-order valence-electron chi connectivity index (χ3n) is 3.12. The number of nitrogens with two attached hydrogens (primary N) is 1. The standard InChI is InChI=1S/C14H20F3N3O/c1-13(18,14(15,16)17)12(21)19-11(9-20(2)3)10-7-5-4-6-8-10/h4-8,11H,9,18H2,1-3H3,(H,19,21). The average molecular weight is 303 g/mol. The van der Waals surface area contributed by atoms with Gasteiger partial charge < -0.3 is 16.0 Å². The third-order valence-corrected chi connectivity index (χ3v) is 3.12. The fraction of sp³-hybridized carbons (Fsp3) is 0.500. The molecule has 3 N–H and O–H groups in total. The maximum absolute atomic E-state index is 12.8. The van der Waals surface area contributed by atoms with Crippen molar-refractivity contribution in [2.45, 2.75) is 24.7 Å². The van der Waals surface area contributed by atoms with Gasteiger partial charge in [0.15, 0.2) is 5.54 Å². The van der Waals surface area contributed by atoms with E-state index in [2.05, 4.69) is 5.32 Å². The van der Waals surface area contributed by atoms with E-state index in [0.29, 0.717) is 13.5 Å². The first-order valence-corrected chi connectivity index (χ1v) is 6.42. The van der Waals surface area contributed by atoms with Gasteiger partial charge in [-0.1, -0.05) is 30.3 Å². The molecule has 4 nitrogen and oxygen atoms in total. The second-order valence-electron chi connectivity index (χ2n) is 5.40. The molecule has 7 heteroatoms. The predicted molar refractivity (Wildman–Crippen MR) is 74.5 cm³/mol. The summed E-state index contributed by atoms with van der Waals surface area (Å²) in [5.41, 5.74) is 2.94. The largest absolute Gasteiger partial charge is 0.415 e. The van der Waals surface area contributed by atoms with Gasteiger partial charge in [-0.3, -0.25) is 4.79 Å². The SMILES string of the molecule is CN(C)CC(NC(=O)C(C)(N)C(F)(F)F)c1ccccc1. The molecule has 118 valence electrons. The highest BCUT2D eigenvalue weighted by molar-refractivity contribution is 5.87. The lowest BCUT2D eigenvalue weighted by molar-refractivity contribution is -0.187. The quantitative estimate of drug-likeness (QED) is 0.870. The Balaban J connectivity index is 2.95. The second-order valence-corrected chi connectivity index (χ2v) is 5.40. The molecule has 1 amide bonds. The number of halogens is 3. The van der Waals surface area contributed by atoms with Crippen molar-refractivity contribution in [2.75, 3.05) is 20.6 Å². The van der Waals surface area contributed by atoms with Gasteiger partial charge in [-0.05, 0) is 26.6 Å². The summed E-state index contributed by atoms with van der Waals surface area (Å²) in [7, 11) is 3.54. The van der Waals surface area contributed by atoms with Gasteiger partial charge in [0.25, 0.3) is 0 Å². The first-order valence-electron chi connectivity index (χ1n) is 6.42. The molecule has 2 atom stereocenters. The molecule has 0 saturated heterocycles. The number of benzene rings is 1. The molecular weight excluding hydrogens is 283 g/mol. The molecule has 0 spiro atoms. The predicted octanol–water partition coefficient (Wildman–Crippen LogP) is 1.69. The average Bonchev–Trinajstić information content (AvgIpc) is 2.37. The van der Waals surface area contributed by atoms with E-state index in [0.717, 1.165) is 5.56 Å². The number of carbonyl (C=O) groups is 1. The van der Waals surface area contributed by atoms with E-state index in [1.54, 1.807) is 49.3 Å². The molecule has 0 radical (unpaired) electrons. The molecule has 0 aliphatic rings. The van der Waals surface area contributed by atoms with Gasteiger partial charge in [0.2, 0.25) is 5.91 Å². The van der Waals surface area contributed by atoms with E-state index in [1.807, 2.05) is 0 Å². The Bertz CT molecular complexity index is 472. The Kier molecular flexibility index (Phi) is 5.36. The van der Waals surface area contributed by atoms with Crippen molar-refractivity contribution in [2.24, 2.45) is 5.73 Å². The lowest BCUT2D eigenvalue weighted by atomic mass is 10.00. The summed E-state index contributed by atoms with van der Waals surface area (Å²) in [6, 6.07) is 8.23. The van der Waals surface area contributed by atoms with Crippen molar-refractivity contribution >= 4 is 5.91 Å². The zero-order valence-electron chi connectivity index (χ0n) is 12.2. The summed E-state index contributed by atoms with van der Waals surface area (Å²) in [5, 5.41) is 2.39. The Morgan fingerprint density at radius 2 is 1.81 bits per heavy atom. The topological polar surface area (TPSA) is 58.4 Å². The zero-order valence-corrected chi connectivity index (χ0v) is 12.2. The summed E-state index contributed by atoms with van der Waals surface area (Å²) in [6.07, 6.45) is -4.81. The molecule has 0 bridgehead atoms. The minimum atomic E-state index is -4.81. The Hall–Kier alpha value is -1.60. The summed E-state index contributed by atoms with van der Waals surface area (Å²) >= 11 is 0. The van der Waals surface area contributed by atoms with Crippen LogP contribution in [0.4, 0.5) is 13.2 Å². The van der Waals surface area contributed by atoms with Crippen LogP contribution >= 0.6 is 0 Å². The number of likely N-dealkylation sites (N-methyl/N-ethyl adjacent to an activating group) is 1. The van der Waals surface area contributed by atoms with Crippen molar-refractivity contribution in [3.63, 3.8) is 0 Å². The maximum atomic E-state index is 12.8. The van der Waals surface area contributed by atoms with Crippen molar-refractivity contribution in [1.82, 2.24) is 10.2 Å². The van der Waals surface area contributed by atoms with Crippen molar-refractivity contribution in [1.29, 1.82) is 0 Å². The van der Waals surface area contributed by atoms with E-state index in [-0.39, 0.29) is 0 Å². The highest BCUT2D eigenvalue weighted by Gasteiger charge is 2.54. The van der Waals surface area contributed by atoms with Gasteiger partial charge in [0.1, 0.15) is 0 Å². The molecule has 21 heavy (non-hydrogen) atoms. The fourth-order valence-electron chi connectivity index (χ4n) is 1.72. The van der Waals surface area contributed by atoms with E-state index in [4.69, 9.17) is 5.73 Å². The molecule has 2 unspecified atom stereocenters. The van der Waals surface area contributed by atoms with Crippen LogP contribution in [0.5, 0.6) is 0 Å². The Morgan fingerprint density at radius 1 is 1.29 bits per heavy atom. The van der Waals surface area contributed by atoms with Gasteiger partial charge >= 0.3 is 6.18 Å². The molecule has 0 saturated carbocycles. The number of nitrogens with one attached hydrogen (secondary N) is 1. The van der Waals surface area contributed by atoms with Gasteiger partial charge in [0.05, 0.1) is 6.04 Å². The van der Waals surface area contributed by atoms with Crippen LogP contribution in [0.25, 0.3) is 0 Å². The summed E-state index contributed by atoms with van der Waals surface area (Å²) in [5.74, 6) is -1.24. The summed E-state index contributed by atoms with van der Waals surface area (Å²) < 4.78 is 38.4. The number of hydrogen-bond acceptors (Lipinski definition) is 3. The van der Waals surface area contributed by atoms with Crippen LogP contribution in [0.15, 0.2) is 30.3 Å². The molecule has 1 aromatic carbocycles. The molecule has 1 aromatic rings. The normalized spacial score (nSPS) is 16.4. The summed E-state index contributed by atoms with van der Waals surface area (Å²) in [4.78, 5) is 13.7. The number of rotatable bonds is 5. The van der Waals surface area contributed by atoms with Gasteiger partial charge in [-0.2, -0.15) is 13.2 Å². The Labute approximate surface area is 122 Å². The van der Waals surface area contributed by atoms with Gasteiger partial charge in [-0.15, -0.1) is 0 Å². The van der Waals surface area contributed by atoms with Crippen molar-refractivity contribution < 1.29 is 18.0 Å². The molecular formula is C14H20F3N3O. The smallest absolute Gasteiger partial charge is 0.346 e. The van der Waals surface area contributed by atoms with Crippen LogP contribution in [0.3, 0.4) is 0 Å². The molecule has 0 aliphatic heterocycles.